The molecule has 0 aromatic heterocycles. The van der Waals surface area contributed by atoms with Crippen LogP contribution in [0.1, 0.15) is 39.5 Å². The summed E-state index contributed by atoms with van der Waals surface area (Å²) in [6.45, 7) is 6.23. The lowest BCUT2D eigenvalue weighted by Crippen LogP contribution is -2.51. The molecule has 1 saturated heterocycles. The van der Waals surface area contributed by atoms with Crippen LogP contribution in [-0.2, 0) is 9.47 Å². The third-order valence-electron chi connectivity index (χ3n) is 4.71. The van der Waals surface area contributed by atoms with E-state index in [1.807, 2.05) is 6.92 Å². The third-order valence-corrected chi connectivity index (χ3v) is 4.71. The van der Waals surface area contributed by atoms with Crippen molar-refractivity contribution in [2.24, 2.45) is 23.2 Å². The minimum Gasteiger partial charge on any atom is -0.353 e. The molecule has 1 aliphatic heterocycles. The lowest BCUT2D eigenvalue weighted by Gasteiger charge is -2.59. The van der Waals surface area contributed by atoms with Crippen molar-refractivity contribution in [2.75, 3.05) is 13.2 Å². The Bertz CT molecular complexity index is 229. The fourth-order valence-electron chi connectivity index (χ4n) is 4.02. The van der Waals surface area contributed by atoms with Gasteiger partial charge in [0.05, 0.1) is 13.2 Å². The molecule has 2 saturated carbocycles. The predicted octanol–water partition coefficient (Wildman–Crippen LogP) is 2.82. The van der Waals surface area contributed by atoms with E-state index in [1.165, 1.54) is 25.7 Å². The van der Waals surface area contributed by atoms with E-state index in [0.717, 1.165) is 30.5 Å². The Hall–Kier alpha value is -0.0800. The molecule has 3 aliphatic rings. The summed E-state index contributed by atoms with van der Waals surface area (Å²) >= 11 is 0. The van der Waals surface area contributed by atoms with Gasteiger partial charge in [-0.1, -0.05) is 6.92 Å². The molecular weight excluding hydrogens is 188 g/mol. The molecule has 1 heterocycles. The van der Waals surface area contributed by atoms with Gasteiger partial charge in [-0.3, -0.25) is 0 Å². The van der Waals surface area contributed by atoms with Gasteiger partial charge in [-0.15, -0.1) is 0 Å². The van der Waals surface area contributed by atoms with Crippen LogP contribution in [0.15, 0.2) is 0 Å². The van der Waals surface area contributed by atoms with Gasteiger partial charge in [-0.05, 0) is 49.9 Å². The summed E-state index contributed by atoms with van der Waals surface area (Å²) in [5, 5.41) is 0. The number of hydrogen-bond donors (Lipinski definition) is 0. The van der Waals surface area contributed by atoms with Gasteiger partial charge in [0, 0.05) is 5.92 Å². The Labute approximate surface area is 92.3 Å². The molecule has 0 unspecified atom stereocenters. The van der Waals surface area contributed by atoms with Crippen molar-refractivity contribution < 1.29 is 9.47 Å². The standard InChI is InChI=1S/C13H22O2/c1-9-3-13(4-9)5-11(6-13)12-7-14-10(2)15-8-12/h9-12H,3-8H2,1-2H3. The zero-order chi connectivity index (χ0) is 10.5. The van der Waals surface area contributed by atoms with Crippen LogP contribution in [0.3, 0.4) is 0 Å². The fourth-order valence-corrected chi connectivity index (χ4v) is 4.02. The lowest BCUT2D eigenvalue weighted by molar-refractivity contribution is -0.216. The van der Waals surface area contributed by atoms with E-state index in [0.29, 0.717) is 5.92 Å². The van der Waals surface area contributed by atoms with Crippen molar-refractivity contribution in [3.05, 3.63) is 0 Å². The zero-order valence-electron chi connectivity index (χ0n) is 9.87. The summed E-state index contributed by atoms with van der Waals surface area (Å²) in [6, 6.07) is 0. The van der Waals surface area contributed by atoms with Gasteiger partial charge in [0.15, 0.2) is 6.29 Å². The van der Waals surface area contributed by atoms with Crippen LogP contribution in [0.5, 0.6) is 0 Å². The number of rotatable bonds is 1. The van der Waals surface area contributed by atoms with Gasteiger partial charge >= 0.3 is 0 Å². The number of hydrogen-bond acceptors (Lipinski definition) is 2. The maximum atomic E-state index is 5.57. The first-order valence-electron chi connectivity index (χ1n) is 6.40. The van der Waals surface area contributed by atoms with Crippen LogP contribution >= 0.6 is 0 Å². The highest BCUT2D eigenvalue weighted by molar-refractivity contribution is 5.03. The molecule has 0 N–H and O–H groups in total. The smallest absolute Gasteiger partial charge is 0.154 e. The van der Waals surface area contributed by atoms with Gasteiger partial charge in [-0.2, -0.15) is 0 Å². The highest BCUT2D eigenvalue weighted by atomic mass is 16.7. The molecule has 0 aromatic rings. The van der Waals surface area contributed by atoms with E-state index >= 15 is 0 Å². The van der Waals surface area contributed by atoms with Crippen LogP contribution in [0.25, 0.3) is 0 Å². The van der Waals surface area contributed by atoms with E-state index in [9.17, 15) is 0 Å². The van der Waals surface area contributed by atoms with Crippen LogP contribution in [0.4, 0.5) is 0 Å². The fraction of sp³-hybridized carbons (Fsp3) is 1.00. The Morgan fingerprint density at radius 1 is 0.867 bits per heavy atom. The van der Waals surface area contributed by atoms with Crippen LogP contribution in [0, 0.1) is 23.2 Å². The average molecular weight is 210 g/mol. The van der Waals surface area contributed by atoms with Crippen molar-refractivity contribution in [1.29, 1.82) is 0 Å². The molecule has 86 valence electrons. The van der Waals surface area contributed by atoms with Gasteiger partial charge in [0.25, 0.3) is 0 Å². The molecule has 0 amide bonds. The molecule has 2 heteroatoms. The Kier molecular flexibility index (Phi) is 2.33. The largest absolute Gasteiger partial charge is 0.353 e. The highest BCUT2D eigenvalue weighted by Gasteiger charge is 2.53. The summed E-state index contributed by atoms with van der Waals surface area (Å²) < 4.78 is 11.1. The lowest BCUT2D eigenvalue weighted by atomic mass is 9.47. The molecule has 0 radical (unpaired) electrons. The second-order valence-corrected chi connectivity index (χ2v) is 6.18. The maximum absolute atomic E-state index is 5.57. The van der Waals surface area contributed by atoms with Gasteiger partial charge in [0.1, 0.15) is 0 Å². The first kappa shape index (κ1) is 10.1. The van der Waals surface area contributed by atoms with Crippen LogP contribution in [0.2, 0.25) is 0 Å². The maximum Gasteiger partial charge on any atom is 0.154 e. The molecular formula is C13H22O2. The van der Waals surface area contributed by atoms with E-state index < -0.39 is 0 Å². The number of ether oxygens (including phenoxy) is 2. The van der Waals surface area contributed by atoms with E-state index in [1.54, 1.807) is 0 Å². The van der Waals surface area contributed by atoms with E-state index in [-0.39, 0.29) is 6.29 Å². The van der Waals surface area contributed by atoms with Crippen molar-refractivity contribution in [3.63, 3.8) is 0 Å². The summed E-state index contributed by atoms with van der Waals surface area (Å²) in [5.41, 5.74) is 0.771. The Morgan fingerprint density at radius 2 is 1.47 bits per heavy atom. The Balaban J connectivity index is 1.47. The summed E-state index contributed by atoms with van der Waals surface area (Å²) in [4.78, 5) is 0. The monoisotopic (exact) mass is 210 g/mol. The highest BCUT2D eigenvalue weighted by Crippen LogP contribution is 2.62. The molecule has 2 aliphatic carbocycles. The average Bonchev–Trinajstić information content (AvgIpc) is 2.11. The van der Waals surface area contributed by atoms with E-state index in [2.05, 4.69) is 6.92 Å². The first-order valence-corrected chi connectivity index (χ1v) is 6.40. The Morgan fingerprint density at radius 3 is 2.00 bits per heavy atom. The second-order valence-electron chi connectivity index (χ2n) is 6.18. The minimum atomic E-state index is 0.0269. The molecule has 3 rings (SSSR count). The predicted molar refractivity (Wildman–Crippen MR) is 58.4 cm³/mol. The van der Waals surface area contributed by atoms with Crippen molar-refractivity contribution in [1.82, 2.24) is 0 Å². The van der Waals surface area contributed by atoms with Crippen LogP contribution < -0.4 is 0 Å². The molecule has 0 bridgehead atoms. The SMILES string of the molecule is CC1CC2(C1)CC(C1COC(C)OC1)C2. The van der Waals surface area contributed by atoms with Crippen molar-refractivity contribution in [3.8, 4) is 0 Å². The molecule has 0 aromatic carbocycles. The molecule has 3 fully saturated rings. The molecule has 0 atom stereocenters. The minimum absolute atomic E-state index is 0.0269. The summed E-state index contributed by atoms with van der Waals surface area (Å²) in [5.74, 6) is 2.57. The quantitative estimate of drug-likeness (QED) is 0.662. The third kappa shape index (κ3) is 1.72. The van der Waals surface area contributed by atoms with Gasteiger partial charge in [0.2, 0.25) is 0 Å². The molecule has 15 heavy (non-hydrogen) atoms. The van der Waals surface area contributed by atoms with Gasteiger partial charge in [-0.25, -0.2) is 0 Å². The normalized spacial score (nSPS) is 54.8. The van der Waals surface area contributed by atoms with Crippen LogP contribution in [-0.4, -0.2) is 19.5 Å². The summed E-state index contributed by atoms with van der Waals surface area (Å²) in [7, 11) is 0. The first-order chi connectivity index (χ1) is 7.17. The second kappa shape index (κ2) is 3.46. The topological polar surface area (TPSA) is 18.5 Å². The van der Waals surface area contributed by atoms with Crippen molar-refractivity contribution >= 4 is 0 Å². The van der Waals surface area contributed by atoms with E-state index in [4.69, 9.17) is 9.47 Å². The summed E-state index contributed by atoms with van der Waals surface area (Å²) in [6.07, 6.45) is 5.88. The van der Waals surface area contributed by atoms with Crippen molar-refractivity contribution in [2.45, 2.75) is 45.8 Å². The van der Waals surface area contributed by atoms with Gasteiger partial charge < -0.3 is 9.47 Å². The molecule has 1 spiro atoms. The molecule has 2 nitrogen and oxygen atoms in total. The zero-order valence-corrected chi connectivity index (χ0v) is 9.87.